The third kappa shape index (κ3) is 4.02. The third-order valence-electron chi connectivity index (χ3n) is 3.67. The first-order valence-electron chi connectivity index (χ1n) is 7.67. The van der Waals surface area contributed by atoms with Gasteiger partial charge in [0, 0.05) is 6.42 Å². The maximum Gasteiger partial charge on any atom is 0.335 e. The Morgan fingerprint density at radius 2 is 2.12 bits per heavy atom. The molecule has 8 heteroatoms. The zero-order valence-electron chi connectivity index (χ0n) is 13.9. The second-order valence-electron chi connectivity index (χ2n) is 5.42. The highest BCUT2D eigenvalue weighted by Crippen LogP contribution is 2.19. The number of carboxylic acids is 1. The zero-order chi connectivity index (χ0) is 18.5. The quantitative estimate of drug-likeness (QED) is 0.283. The average Bonchev–Trinajstić information content (AvgIpc) is 3.04. The van der Waals surface area contributed by atoms with Crippen LogP contribution in [0.3, 0.4) is 0 Å². The highest BCUT2D eigenvalue weighted by molar-refractivity contribution is 8.13. The van der Waals surface area contributed by atoms with Gasteiger partial charge in [0.25, 0.3) is 0 Å². The van der Waals surface area contributed by atoms with E-state index in [-0.39, 0.29) is 5.56 Å². The van der Waals surface area contributed by atoms with E-state index in [9.17, 15) is 4.79 Å². The molecule has 0 saturated carbocycles. The minimum atomic E-state index is -0.963. The van der Waals surface area contributed by atoms with Gasteiger partial charge in [0.2, 0.25) is 0 Å². The van der Waals surface area contributed by atoms with Crippen LogP contribution < -0.4 is 5.32 Å². The SMILES string of the molecule is CSC(=Nc1ccc(Cc2nc3ccc(C(=O)O)cc3[nH]2)cc1)NC#N. The average molecular weight is 365 g/mol. The molecule has 3 rings (SSSR count). The summed E-state index contributed by atoms with van der Waals surface area (Å²) in [4.78, 5) is 23.0. The van der Waals surface area contributed by atoms with Crippen molar-refractivity contribution < 1.29 is 9.90 Å². The molecule has 7 nitrogen and oxygen atoms in total. The molecule has 0 aliphatic heterocycles. The molecule has 0 fully saturated rings. The number of aromatic nitrogens is 2. The van der Waals surface area contributed by atoms with E-state index in [1.165, 1.54) is 11.8 Å². The molecule has 0 atom stereocenters. The summed E-state index contributed by atoms with van der Waals surface area (Å²) in [6.45, 7) is 0. The number of thioether (sulfide) groups is 1. The standard InChI is InChI=1S/C18H15N5O2S/c1-26-18(20-10-19)21-13-5-2-11(3-6-13)8-16-22-14-7-4-12(17(24)25)9-15(14)23-16/h2-7,9H,8H2,1H3,(H,20,21)(H,22,23)(H,24,25). The summed E-state index contributed by atoms with van der Waals surface area (Å²) in [5.74, 6) is -0.204. The summed E-state index contributed by atoms with van der Waals surface area (Å²) in [6, 6.07) is 12.4. The van der Waals surface area contributed by atoms with Gasteiger partial charge in [-0.15, -0.1) is 0 Å². The lowest BCUT2D eigenvalue weighted by atomic mass is 10.1. The third-order valence-corrected chi connectivity index (χ3v) is 4.25. The molecule has 130 valence electrons. The van der Waals surface area contributed by atoms with Crippen molar-refractivity contribution in [2.45, 2.75) is 6.42 Å². The fourth-order valence-corrected chi connectivity index (χ4v) is 2.79. The molecular formula is C18H15N5O2S. The van der Waals surface area contributed by atoms with Crippen molar-refractivity contribution in [1.29, 1.82) is 5.26 Å². The first kappa shape index (κ1) is 17.5. The van der Waals surface area contributed by atoms with Crippen LogP contribution in [0, 0.1) is 11.5 Å². The lowest BCUT2D eigenvalue weighted by molar-refractivity contribution is 0.0697. The summed E-state index contributed by atoms with van der Waals surface area (Å²) >= 11 is 1.36. The number of nitriles is 1. The number of aliphatic imine (C=N–C) groups is 1. The van der Waals surface area contributed by atoms with Crippen LogP contribution in [-0.2, 0) is 6.42 Å². The first-order valence-corrected chi connectivity index (χ1v) is 8.90. The molecule has 0 spiro atoms. The molecule has 3 N–H and O–H groups in total. The molecule has 0 amide bonds. The zero-order valence-corrected chi connectivity index (χ0v) is 14.7. The summed E-state index contributed by atoms with van der Waals surface area (Å²) in [6.07, 6.45) is 4.29. The van der Waals surface area contributed by atoms with Gasteiger partial charge in [0.05, 0.1) is 22.3 Å². The van der Waals surface area contributed by atoms with Gasteiger partial charge in [-0.2, -0.15) is 5.26 Å². The minimum absolute atomic E-state index is 0.227. The number of carbonyl (C=O) groups is 1. The van der Waals surface area contributed by atoms with E-state index in [1.807, 2.05) is 36.7 Å². The number of fused-ring (bicyclic) bond motifs is 1. The fourth-order valence-electron chi connectivity index (χ4n) is 2.45. The summed E-state index contributed by atoms with van der Waals surface area (Å²) in [5, 5.41) is 20.8. The lowest BCUT2D eigenvalue weighted by Gasteiger charge is -2.02. The number of amidine groups is 1. The second kappa shape index (κ2) is 7.72. The maximum atomic E-state index is 11.0. The van der Waals surface area contributed by atoms with Crippen molar-refractivity contribution in [3.8, 4) is 6.19 Å². The van der Waals surface area contributed by atoms with Gasteiger partial charge >= 0.3 is 5.97 Å². The molecule has 0 aliphatic rings. The molecule has 0 bridgehead atoms. The lowest BCUT2D eigenvalue weighted by Crippen LogP contribution is -2.12. The van der Waals surface area contributed by atoms with Crippen molar-refractivity contribution in [2.24, 2.45) is 4.99 Å². The Morgan fingerprint density at radius 1 is 1.35 bits per heavy atom. The molecular weight excluding hydrogens is 350 g/mol. The Kier molecular flexibility index (Phi) is 5.20. The molecule has 1 aromatic heterocycles. The van der Waals surface area contributed by atoms with Gasteiger partial charge in [0.1, 0.15) is 5.82 Å². The molecule has 0 unspecified atom stereocenters. The van der Waals surface area contributed by atoms with Gasteiger partial charge in [-0.25, -0.2) is 14.8 Å². The Bertz CT molecular complexity index is 1020. The number of hydrogen-bond donors (Lipinski definition) is 3. The summed E-state index contributed by atoms with van der Waals surface area (Å²) in [5.41, 5.74) is 3.45. The first-order chi connectivity index (χ1) is 12.6. The number of aromatic carboxylic acids is 1. The number of carboxylic acid groups (broad SMARTS) is 1. The second-order valence-corrected chi connectivity index (χ2v) is 6.22. The van der Waals surface area contributed by atoms with Crippen LogP contribution in [0.1, 0.15) is 21.7 Å². The Labute approximate surface area is 153 Å². The fraction of sp³-hybridized carbons (Fsp3) is 0.111. The molecule has 26 heavy (non-hydrogen) atoms. The van der Waals surface area contributed by atoms with Gasteiger partial charge in [-0.3, -0.25) is 5.32 Å². The highest BCUT2D eigenvalue weighted by atomic mass is 32.2. The Hall–Kier alpha value is -3.31. The van der Waals surface area contributed by atoms with Crippen LogP contribution in [0.25, 0.3) is 11.0 Å². The highest BCUT2D eigenvalue weighted by Gasteiger charge is 2.08. The number of aromatic amines is 1. The number of imidazole rings is 1. The van der Waals surface area contributed by atoms with Crippen LogP contribution in [-0.4, -0.2) is 32.5 Å². The number of nitrogens with one attached hydrogen (secondary N) is 2. The van der Waals surface area contributed by atoms with Gasteiger partial charge in [0.15, 0.2) is 11.4 Å². The van der Waals surface area contributed by atoms with Crippen LogP contribution in [0.4, 0.5) is 5.69 Å². The largest absolute Gasteiger partial charge is 0.478 e. The Balaban J connectivity index is 1.78. The molecule has 2 aromatic carbocycles. The van der Waals surface area contributed by atoms with E-state index in [0.717, 1.165) is 22.6 Å². The number of hydrogen-bond acceptors (Lipinski definition) is 5. The smallest absolute Gasteiger partial charge is 0.335 e. The van der Waals surface area contributed by atoms with Crippen LogP contribution >= 0.6 is 11.8 Å². The van der Waals surface area contributed by atoms with Crippen molar-refractivity contribution >= 4 is 39.6 Å². The van der Waals surface area contributed by atoms with E-state index < -0.39 is 5.97 Å². The van der Waals surface area contributed by atoms with E-state index in [0.29, 0.717) is 17.1 Å². The van der Waals surface area contributed by atoms with Crippen molar-refractivity contribution in [1.82, 2.24) is 15.3 Å². The van der Waals surface area contributed by atoms with Gasteiger partial charge in [-0.05, 0) is 42.2 Å². The van der Waals surface area contributed by atoms with Gasteiger partial charge < -0.3 is 10.1 Å². The minimum Gasteiger partial charge on any atom is -0.478 e. The predicted octanol–water partition coefficient (Wildman–Crippen LogP) is 3.27. The van der Waals surface area contributed by atoms with Crippen LogP contribution in [0.15, 0.2) is 47.5 Å². The van der Waals surface area contributed by atoms with Crippen molar-refractivity contribution in [2.75, 3.05) is 6.26 Å². The summed E-state index contributed by atoms with van der Waals surface area (Å²) in [7, 11) is 0. The molecule has 1 heterocycles. The van der Waals surface area contributed by atoms with Gasteiger partial charge in [-0.1, -0.05) is 23.9 Å². The van der Waals surface area contributed by atoms with Crippen molar-refractivity contribution in [3.63, 3.8) is 0 Å². The molecule has 3 aromatic rings. The Morgan fingerprint density at radius 3 is 2.77 bits per heavy atom. The predicted molar refractivity (Wildman–Crippen MR) is 102 cm³/mol. The normalized spacial score (nSPS) is 11.3. The number of H-pyrrole nitrogens is 1. The van der Waals surface area contributed by atoms with E-state index >= 15 is 0 Å². The molecule has 0 saturated heterocycles. The topological polar surface area (TPSA) is 114 Å². The maximum absolute atomic E-state index is 11.0. The molecule has 0 radical (unpaired) electrons. The number of nitrogens with zero attached hydrogens (tertiary/aromatic N) is 3. The van der Waals surface area contributed by atoms with Crippen molar-refractivity contribution in [3.05, 3.63) is 59.4 Å². The number of benzene rings is 2. The number of rotatable bonds is 4. The van der Waals surface area contributed by atoms with Crippen LogP contribution in [0.5, 0.6) is 0 Å². The summed E-state index contributed by atoms with van der Waals surface area (Å²) < 4.78 is 0. The monoisotopic (exact) mass is 365 g/mol. The van der Waals surface area contributed by atoms with Crippen LogP contribution in [0.2, 0.25) is 0 Å². The molecule has 0 aliphatic carbocycles. The van der Waals surface area contributed by atoms with E-state index in [4.69, 9.17) is 10.4 Å². The van der Waals surface area contributed by atoms with E-state index in [2.05, 4.69) is 20.3 Å². The van der Waals surface area contributed by atoms with E-state index in [1.54, 1.807) is 18.2 Å².